The summed E-state index contributed by atoms with van der Waals surface area (Å²) >= 11 is 0.604. The smallest absolute Gasteiger partial charge is 0.305 e. The number of likely N-dealkylation sites (N-methyl/N-ethyl adjacent to an activating group) is 3. The van der Waals surface area contributed by atoms with E-state index in [1.165, 1.54) is 75.6 Å². The molecule has 0 saturated carbocycles. The van der Waals surface area contributed by atoms with E-state index in [1.807, 2.05) is 0 Å². The molecule has 9 rings (SSSR count). The van der Waals surface area contributed by atoms with Crippen LogP contribution in [0.1, 0.15) is 113 Å². The summed E-state index contributed by atoms with van der Waals surface area (Å²) < 4.78 is 45.1. The molecule has 0 aliphatic carbocycles. The van der Waals surface area contributed by atoms with Crippen LogP contribution in [0.4, 0.5) is 13.2 Å². The number of phenolic OH excluding ortho intramolecular Hbond substituents is 2. The van der Waals surface area contributed by atoms with Crippen LogP contribution in [0.15, 0.2) is 121 Å². The lowest BCUT2D eigenvalue weighted by Gasteiger charge is -2.38. The molecule has 136 heavy (non-hydrogen) atoms. The van der Waals surface area contributed by atoms with Gasteiger partial charge in [0.1, 0.15) is 90.0 Å². The van der Waals surface area contributed by atoms with Crippen molar-refractivity contribution in [3.05, 3.63) is 167 Å². The Kier molecular flexibility index (Phi) is 38.5. The zero-order valence-electron chi connectivity index (χ0n) is 75.7. The van der Waals surface area contributed by atoms with Crippen molar-refractivity contribution >= 4 is 123 Å². The van der Waals surface area contributed by atoms with E-state index in [2.05, 4.69) is 52.8 Å². The minimum atomic E-state index is -2.10. The standard InChI is InChI=1S/C92H116F3N17O23S/c1-7-8-20-69-91(134)112-45-57(116)40-72(112)87(130)105-66(41-77(121)122)84(127)107-79(48(2)3)92(135)109(5)70(36-49-15-10-9-11-16-49)85(128)102-63(29-30-76(119)120)89(132)111-44-56(115)39-71(111)86(129)104-65(38-53-42-98-61-18-13-12-17-58(53)61)83(126)103-64(34-50-21-25-54(113)26-22-50)82(125)101-62(19-14-31-96)81(124)106-68(80(123)99-43-74(97)117)46-136-47-75(118)100-67(35-52-32-59(93)78(95)60(94)33-52)88(131)110(6)73(90(133)108(69)4)37-51-23-27-55(114)28-24-51/h9-13,15-18,21-28,32-33,42,48,56-57,62-73,79,98,113-116H,7-8,14,19-20,29-31,34-41,43-47,96H2,1-6H3,(H2,97,117)(H,99,123)(H,100,118)(H,101,125)(H,102,128)(H,103,126)(H,104,129)(H,105,130)(H,106,124)(H,107,127)(H,119,120)(H,121,122)/t56-,57-,62+,63-,64+,65+,66+,67+,68+,69+,70-,71-,72-,73+,79+/m1/s1. The summed E-state index contributed by atoms with van der Waals surface area (Å²) in [7, 11) is 3.44. The van der Waals surface area contributed by atoms with Crippen molar-refractivity contribution in [2.24, 2.45) is 17.4 Å². The minimum Gasteiger partial charge on any atom is -0.508 e. The van der Waals surface area contributed by atoms with Crippen LogP contribution in [-0.4, -0.2) is 310 Å². The van der Waals surface area contributed by atoms with Crippen LogP contribution in [0.25, 0.3) is 10.9 Å². The number of fused-ring (bicyclic) bond motifs is 3. The zero-order chi connectivity index (χ0) is 99.6. The number of carbonyl (C=O) groups excluding carboxylic acids is 15. The Labute approximate surface area is 784 Å². The molecule has 6 aromatic rings. The summed E-state index contributed by atoms with van der Waals surface area (Å²) in [4.78, 5) is 257. The van der Waals surface area contributed by atoms with E-state index < -0.39 is 309 Å². The van der Waals surface area contributed by atoms with Gasteiger partial charge in [0, 0.05) is 108 Å². The number of rotatable bonds is 25. The molecule has 0 bridgehead atoms. The summed E-state index contributed by atoms with van der Waals surface area (Å²) in [6, 6.07) is 3.30. The highest BCUT2D eigenvalue weighted by atomic mass is 32.2. The average molecular weight is 1920 g/mol. The quantitative estimate of drug-likeness (QED) is 0.0308. The number of unbranched alkanes of at least 4 members (excludes halogenated alkanes) is 1. The highest BCUT2D eigenvalue weighted by molar-refractivity contribution is 8.00. The van der Waals surface area contributed by atoms with Gasteiger partial charge in [0.05, 0.1) is 30.9 Å². The van der Waals surface area contributed by atoms with Gasteiger partial charge in [-0.1, -0.05) is 106 Å². The first-order valence-electron chi connectivity index (χ1n) is 44.3. The first-order chi connectivity index (χ1) is 64.5. The number of hydrogen-bond acceptors (Lipinski definition) is 23. The molecule has 5 aromatic carbocycles. The van der Waals surface area contributed by atoms with Crippen LogP contribution in [0.5, 0.6) is 11.5 Å². The second-order valence-corrected chi connectivity index (χ2v) is 35.3. The van der Waals surface area contributed by atoms with Gasteiger partial charge in [0.2, 0.25) is 88.6 Å². The van der Waals surface area contributed by atoms with E-state index in [-0.39, 0.29) is 61.3 Å². The Morgan fingerprint density at radius 3 is 1.60 bits per heavy atom. The number of thioether (sulfide) groups is 1. The van der Waals surface area contributed by atoms with E-state index in [0.717, 1.165) is 38.6 Å². The number of phenols is 2. The lowest BCUT2D eigenvalue weighted by molar-refractivity contribution is -0.152. The van der Waals surface area contributed by atoms with E-state index in [9.17, 15) is 73.4 Å². The number of halogens is 3. The zero-order valence-corrected chi connectivity index (χ0v) is 76.5. The molecule has 4 heterocycles. The van der Waals surface area contributed by atoms with Crippen molar-refractivity contribution in [1.29, 1.82) is 0 Å². The molecule has 3 fully saturated rings. The van der Waals surface area contributed by atoms with Crippen LogP contribution < -0.4 is 59.3 Å². The number of aromatic nitrogens is 1. The normalized spacial score (nSPS) is 24.4. The van der Waals surface area contributed by atoms with E-state index in [4.69, 9.17) is 11.5 Å². The number of hydrogen-bond donors (Lipinski definition) is 18. The predicted octanol–water partition coefficient (Wildman–Crippen LogP) is -0.934. The van der Waals surface area contributed by atoms with Crippen LogP contribution >= 0.6 is 11.8 Å². The number of aliphatic hydroxyl groups excluding tert-OH is 2. The van der Waals surface area contributed by atoms with Crippen molar-refractivity contribution in [3.8, 4) is 11.5 Å². The molecule has 0 radical (unpaired) electrons. The summed E-state index contributed by atoms with van der Waals surface area (Å²) in [5.41, 5.74) is 12.9. The topological polar surface area (TPSA) is 604 Å². The van der Waals surface area contributed by atoms with E-state index >= 15 is 51.9 Å². The molecular weight excluding hydrogens is 1800 g/mol. The third kappa shape index (κ3) is 29.1. The molecule has 0 spiro atoms. The van der Waals surface area contributed by atoms with E-state index in [1.54, 1.807) is 61.5 Å². The number of para-hydroxylation sites is 1. The Hall–Kier alpha value is -13.8. The van der Waals surface area contributed by atoms with Crippen LogP contribution in [0.3, 0.4) is 0 Å². The third-order valence-corrected chi connectivity index (χ3v) is 24.8. The van der Waals surface area contributed by atoms with Gasteiger partial charge in [-0.25, -0.2) is 13.2 Å². The van der Waals surface area contributed by atoms with Gasteiger partial charge in [0.25, 0.3) is 0 Å². The molecule has 20 N–H and O–H groups in total. The largest absolute Gasteiger partial charge is 0.508 e. The van der Waals surface area contributed by atoms with E-state index in [0.29, 0.717) is 52.3 Å². The first kappa shape index (κ1) is 106. The maximum absolute atomic E-state index is 15.7. The number of nitrogens with two attached hydrogens (primary N) is 2. The number of H-pyrrole nitrogens is 1. The van der Waals surface area contributed by atoms with Crippen LogP contribution in [0, 0.1) is 23.4 Å². The Balaban J connectivity index is 1.15. The molecular formula is C92H116F3N17O23S. The lowest BCUT2D eigenvalue weighted by Crippen LogP contribution is -2.62. The van der Waals surface area contributed by atoms with Gasteiger partial charge in [0.15, 0.2) is 17.5 Å². The van der Waals surface area contributed by atoms with Gasteiger partial charge in [-0.05, 0) is 108 Å². The number of carboxylic acid groups (broad SMARTS) is 2. The number of primary amides is 1. The number of benzene rings is 5. The fourth-order valence-corrected chi connectivity index (χ4v) is 17.2. The summed E-state index contributed by atoms with van der Waals surface area (Å²) in [6.07, 6.45) is -7.70. The highest BCUT2D eigenvalue weighted by Crippen LogP contribution is 2.29. The monoisotopic (exact) mass is 1920 g/mol. The Morgan fingerprint density at radius 1 is 0.507 bits per heavy atom. The molecule has 1 aromatic heterocycles. The summed E-state index contributed by atoms with van der Waals surface area (Å²) in [5, 5.41) is 87.4. The third-order valence-electron chi connectivity index (χ3n) is 23.8. The van der Waals surface area contributed by atoms with Crippen LogP contribution in [-0.2, 0) is 114 Å². The van der Waals surface area contributed by atoms with Crippen molar-refractivity contribution in [3.63, 3.8) is 0 Å². The fourth-order valence-electron chi connectivity index (χ4n) is 16.4. The van der Waals surface area contributed by atoms with Gasteiger partial charge >= 0.3 is 11.9 Å². The molecule has 3 aliphatic heterocycles. The molecule has 44 heteroatoms. The average Bonchev–Trinajstić information content (AvgIpc) is 1.52. The molecule has 15 atom stereocenters. The molecule has 3 aliphatic rings. The number of carbonyl (C=O) groups is 17. The van der Waals surface area contributed by atoms with Gasteiger partial charge in [-0.15, -0.1) is 11.8 Å². The number of nitrogens with one attached hydrogen (secondary N) is 10. The number of aliphatic hydroxyl groups is 2. The maximum atomic E-state index is 15.7. The lowest BCUT2D eigenvalue weighted by atomic mass is 9.98. The van der Waals surface area contributed by atoms with Crippen molar-refractivity contribution in [1.82, 2.24) is 77.3 Å². The number of carboxylic acids is 2. The van der Waals surface area contributed by atoms with Gasteiger partial charge < -0.3 is 119 Å². The Morgan fingerprint density at radius 2 is 1.01 bits per heavy atom. The molecule has 40 nitrogen and oxygen atoms in total. The fraction of sp³-hybridized carbons (Fsp3) is 0.467. The number of aromatic amines is 1. The second-order valence-electron chi connectivity index (χ2n) is 34.3. The SMILES string of the molecule is CCCC[C@H]1C(=O)N2C[C@H](O)C[C@@H]2C(=O)N[C@@H](CC(=O)O)C(=O)N[C@@H](C(C)C)C(=O)N(C)[C@H](Cc2ccccc2)C(=O)N[C@H](CCC(=O)O)C(=O)N2C[C@H](O)C[C@@H]2C(=O)N[C@@H](Cc2c[nH]c3ccccc23)C(=O)N[C@@H](Cc2ccc(O)cc2)C(=O)N[C@@H](CCCN)C(=O)N[C@H](C(=O)NCC(N)=O)CSCC(=O)N[C@@H](Cc2cc(F)c(F)c(F)c2)C(=O)N(C)[C@@H](Cc2ccc(O)cc2)C(=O)N1C. The number of aromatic hydroxyl groups is 2. The summed E-state index contributed by atoms with van der Waals surface area (Å²) in [6.45, 7) is 2.50. The molecule has 3 saturated heterocycles. The first-order valence-corrected chi connectivity index (χ1v) is 45.4. The van der Waals surface area contributed by atoms with Crippen LogP contribution in [0.2, 0.25) is 0 Å². The minimum absolute atomic E-state index is 0.0181. The predicted molar refractivity (Wildman–Crippen MR) is 484 cm³/mol. The Bertz CT molecular complexity index is 5310. The van der Waals surface area contributed by atoms with Gasteiger partial charge in [-0.2, -0.15) is 0 Å². The number of nitrogens with zero attached hydrogens (tertiary/aromatic N) is 5. The summed E-state index contributed by atoms with van der Waals surface area (Å²) in [5.74, 6) is -27.9. The molecule has 0 unspecified atom stereocenters. The van der Waals surface area contributed by atoms with Crippen molar-refractivity contribution in [2.75, 3.05) is 58.8 Å². The maximum Gasteiger partial charge on any atom is 0.305 e. The van der Waals surface area contributed by atoms with Crippen molar-refractivity contribution < 1.29 is 125 Å². The molecule has 15 amide bonds. The van der Waals surface area contributed by atoms with Gasteiger partial charge in [-0.3, -0.25) is 81.5 Å². The van der Waals surface area contributed by atoms with Crippen molar-refractivity contribution in [2.45, 2.75) is 208 Å². The second kappa shape index (κ2) is 49.5. The number of amides is 15. The highest BCUT2D eigenvalue weighted by Gasteiger charge is 2.48. The number of aliphatic carboxylic acids is 2. The molecule has 734 valence electrons.